The molecule has 1 aromatic carbocycles. The molecule has 1 N–H and O–H groups in total. The quantitative estimate of drug-likeness (QED) is 0.675. The van der Waals surface area contributed by atoms with E-state index < -0.39 is 11.9 Å². The number of carbonyl (C=O) groups excluding carboxylic acids is 3. The van der Waals surface area contributed by atoms with Gasteiger partial charge in [-0.15, -0.1) is 0 Å². The molecule has 22 heavy (non-hydrogen) atoms. The largest absolute Gasteiger partial charge is 0.466 e. The molecule has 1 aliphatic rings. The zero-order valence-electron chi connectivity index (χ0n) is 12.5. The smallest absolute Gasteiger partial charge is 0.354 e. The van der Waals surface area contributed by atoms with E-state index in [0.29, 0.717) is 17.7 Å². The van der Waals surface area contributed by atoms with Gasteiger partial charge < -0.3 is 14.8 Å². The van der Waals surface area contributed by atoms with Crippen LogP contribution in [0.25, 0.3) is 0 Å². The molecule has 0 fully saturated rings. The monoisotopic (exact) mass is 303 g/mol. The fourth-order valence-corrected chi connectivity index (χ4v) is 2.29. The Hall–Kier alpha value is -2.63. The molecule has 1 aliphatic carbocycles. The third-order valence-corrected chi connectivity index (χ3v) is 3.41. The SMILES string of the molecule is COC(=O)/C=C(/Nc1ccc2c(c1)C(=O)CCC2)C(=O)OC. The number of fused-ring (bicyclic) bond motifs is 1. The highest BCUT2D eigenvalue weighted by atomic mass is 16.5. The van der Waals surface area contributed by atoms with Crippen LogP contribution >= 0.6 is 0 Å². The van der Waals surface area contributed by atoms with Crippen molar-refractivity contribution in [3.05, 3.63) is 41.1 Å². The Balaban J connectivity index is 2.29. The zero-order chi connectivity index (χ0) is 16.1. The molecule has 0 radical (unpaired) electrons. The number of aryl methyl sites for hydroxylation is 1. The van der Waals surface area contributed by atoms with Gasteiger partial charge in [0.2, 0.25) is 0 Å². The van der Waals surface area contributed by atoms with Gasteiger partial charge in [-0.05, 0) is 30.5 Å². The van der Waals surface area contributed by atoms with Crippen LogP contribution in [0, 0.1) is 0 Å². The van der Waals surface area contributed by atoms with Gasteiger partial charge in [-0.1, -0.05) is 6.07 Å². The van der Waals surface area contributed by atoms with E-state index in [1.165, 1.54) is 14.2 Å². The number of rotatable bonds is 4. The van der Waals surface area contributed by atoms with Crippen molar-refractivity contribution >= 4 is 23.4 Å². The number of anilines is 1. The number of esters is 2. The van der Waals surface area contributed by atoms with Gasteiger partial charge in [-0.2, -0.15) is 0 Å². The number of Topliss-reactive ketones (excluding diaryl/α,β-unsaturated/α-hetero) is 1. The molecule has 0 saturated carbocycles. The van der Waals surface area contributed by atoms with Gasteiger partial charge in [0.15, 0.2) is 5.78 Å². The van der Waals surface area contributed by atoms with Crippen LogP contribution in [0.5, 0.6) is 0 Å². The maximum absolute atomic E-state index is 11.9. The summed E-state index contributed by atoms with van der Waals surface area (Å²) >= 11 is 0. The molecule has 0 aromatic heterocycles. The van der Waals surface area contributed by atoms with Crippen LogP contribution < -0.4 is 5.32 Å². The molecule has 0 amide bonds. The zero-order valence-corrected chi connectivity index (χ0v) is 12.5. The number of ketones is 1. The second-order valence-corrected chi connectivity index (χ2v) is 4.85. The highest BCUT2D eigenvalue weighted by Crippen LogP contribution is 2.25. The molecule has 0 heterocycles. The summed E-state index contributed by atoms with van der Waals surface area (Å²) < 4.78 is 9.12. The Morgan fingerprint density at radius 3 is 2.64 bits per heavy atom. The first-order valence-corrected chi connectivity index (χ1v) is 6.86. The molecule has 6 heteroatoms. The third-order valence-electron chi connectivity index (χ3n) is 3.41. The van der Waals surface area contributed by atoms with Gasteiger partial charge in [0.05, 0.1) is 20.3 Å². The number of ether oxygens (including phenoxy) is 2. The molecular formula is C16H17NO5. The fraction of sp³-hybridized carbons (Fsp3) is 0.312. The molecule has 0 aliphatic heterocycles. The average Bonchev–Trinajstić information content (AvgIpc) is 2.54. The fourth-order valence-electron chi connectivity index (χ4n) is 2.29. The van der Waals surface area contributed by atoms with E-state index in [0.717, 1.165) is 24.5 Å². The van der Waals surface area contributed by atoms with Crippen molar-refractivity contribution in [3.63, 3.8) is 0 Å². The van der Waals surface area contributed by atoms with Gasteiger partial charge >= 0.3 is 11.9 Å². The summed E-state index contributed by atoms with van der Waals surface area (Å²) in [6, 6.07) is 5.29. The summed E-state index contributed by atoms with van der Waals surface area (Å²) in [6.07, 6.45) is 3.25. The second-order valence-electron chi connectivity index (χ2n) is 4.85. The van der Waals surface area contributed by atoms with E-state index in [2.05, 4.69) is 14.8 Å². The summed E-state index contributed by atoms with van der Waals surface area (Å²) in [7, 11) is 2.43. The van der Waals surface area contributed by atoms with Crippen molar-refractivity contribution in [2.45, 2.75) is 19.3 Å². The molecule has 0 bridgehead atoms. The number of hydrogen-bond acceptors (Lipinski definition) is 6. The number of benzene rings is 1. The summed E-state index contributed by atoms with van der Waals surface area (Å²) in [5.74, 6) is -1.29. The molecule has 2 rings (SSSR count). The van der Waals surface area contributed by atoms with Crippen molar-refractivity contribution < 1.29 is 23.9 Å². The predicted octanol–water partition coefficient (Wildman–Crippen LogP) is 1.85. The van der Waals surface area contributed by atoms with Gasteiger partial charge in [0.1, 0.15) is 5.70 Å². The first-order valence-electron chi connectivity index (χ1n) is 6.86. The lowest BCUT2D eigenvalue weighted by atomic mass is 9.90. The standard InChI is InChI=1S/C16H17NO5/c1-21-15(19)9-13(16(20)22-2)17-11-7-6-10-4-3-5-14(18)12(10)8-11/h6-9,17H,3-5H2,1-2H3/b13-9+. The first kappa shape index (κ1) is 15.8. The maximum Gasteiger partial charge on any atom is 0.354 e. The van der Waals surface area contributed by atoms with E-state index >= 15 is 0 Å². The van der Waals surface area contributed by atoms with E-state index in [-0.39, 0.29) is 11.5 Å². The Bertz CT molecular complexity index is 648. The topological polar surface area (TPSA) is 81.7 Å². The molecule has 0 atom stereocenters. The number of methoxy groups -OCH3 is 2. The van der Waals surface area contributed by atoms with Crippen LogP contribution in [0.1, 0.15) is 28.8 Å². The Morgan fingerprint density at radius 1 is 1.18 bits per heavy atom. The van der Waals surface area contributed by atoms with Crippen molar-refractivity contribution in [2.75, 3.05) is 19.5 Å². The van der Waals surface area contributed by atoms with E-state index in [1.54, 1.807) is 12.1 Å². The molecule has 0 spiro atoms. The van der Waals surface area contributed by atoms with Gasteiger partial charge in [0, 0.05) is 17.7 Å². The highest BCUT2D eigenvalue weighted by Gasteiger charge is 2.18. The van der Waals surface area contributed by atoms with Crippen molar-refractivity contribution in [1.82, 2.24) is 0 Å². The lowest BCUT2D eigenvalue weighted by molar-refractivity contribution is -0.138. The lowest BCUT2D eigenvalue weighted by Gasteiger charge is -2.16. The summed E-state index contributed by atoms with van der Waals surface area (Å²) in [6.45, 7) is 0. The van der Waals surface area contributed by atoms with Crippen molar-refractivity contribution in [1.29, 1.82) is 0 Å². The van der Waals surface area contributed by atoms with E-state index in [9.17, 15) is 14.4 Å². The lowest BCUT2D eigenvalue weighted by Crippen LogP contribution is -2.16. The Morgan fingerprint density at radius 2 is 1.95 bits per heavy atom. The predicted molar refractivity (Wildman–Crippen MR) is 79.4 cm³/mol. The van der Waals surface area contributed by atoms with Crippen molar-refractivity contribution in [3.8, 4) is 0 Å². The summed E-state index contributed by atoms with van der Waals surface area (Å²) in [5.41, 5.74) is 2.13. The molecule has 0 unspecified atom stereocenters. The second kappa shape index (κ2) is 6.89. The van der Waals surface area contributed by atoms with E-state index in [4.69, 9.17) is 0 Å². The maximum atomic E-state index is 11.9. The number of nitrogens with one attached hydrogen (secondary N) is 1. The highest BCUT2D eigenvalue weighted by molar-refractivity contribution is 6.01. The minimum atomic E-state index is -0.700. The minimum Gasteiger partial charge on any atom is -0.466 e. The third kappa shape index (κ3) is 3.52. The Kier molecular flexibility index (Phi) is 4.93. The summed E-state index contributed by atoms with van der Waals surface area (Å²) in [4.78, 5) is 34.9. The first-order chi connectivity index (χ1) is 10.5. The van der Waals surface area contributed by atoms with Crippen LogP contribution in [0.3, 0.4) is 0 Å². The average molecular weight is 303 g/mol. The number of carbonyl (C=O) groups is 3. The molecule has 116 valence electrons. The van der Waals surface area contributed by atoms with Crippen LogP contribution in [-0.2, 0) is 25.5 Å². The summed E-state index contributed by atoms with van der Waals surface area (Å²) in [5, 5.41) is 2.80. The van der Waals surface area contributed by atoms with Crippen LogP contribution in [0.4, 0.5) is 5.69 Å². The normalized spacial score (nSPS) is 14.1. The Labute approximate surface area is 128 Å². The van der Waals surface area contributed by atoms with Crippen LogP contribution in [0.2, 0.25) is 0 Å². The minimum absolute atomic E-state index is 0.0578. The van der Waals surface area contributed by atoms with Gasteiger partial charge in [-0.3, -0.25) is 4.79 Å². The van der Waals surface area contributed by atoms with E-state index in [1.807, 2.05) is 6.07 Å². The number of hydrogen-bond donors (Lipinski definition) is 1. The van der Waals surface area contributed by atoms with Crippen LogP contribution in [0.15, 0.2) is 30.0 Å². The molecule has 1 aromatic rings. The molecule has 0 saturated heterocycles. The van der Waals surface area contributed by atoms with Gasteiger partial charge in [0.25, 0.3) is 0 Å². The van der Waals surface area contributed by atoms with Crippen LogP contribution in [-0.4, -0.2) is 31.9 Å². The molecule has 6 nitrogen and oxygen atoms in total. The van der Waals surface area contributed by atoms with Crippen molar-refractivity contribution in [2.24, 2.45) is 0 Å². The molecular weight excluding hydrogens is 286 g/mol. The van der Waals surface area contributed by atoms with Gasteiger partial charge in [-0.25, -0.2) is 9.59 Å².